The zero-order valence-electron chi connectivity index (χ0n) is 12.5. The van der Waals surface area contributed by atoms with Crippen LogP contribution in [0.3, 0.4) is 0 Å². The lowest BCUT2D eigenvalue weighted by Crippen LogP contribution is -2.35. The van der Waals surface area contributed by atoms with Crippen LogP contribution in [0.4, 0.5) is 0 Å². The molecule has 0 fully saturated rings. The highest BCUT2D eigenvalue weighted by Gasteiger charge is 2.21. The summed E-state index contributed by atoms with van der Waals surface area (Å²) in [5.41, 5.74) is 0.854. The Kier molecular flexibility index (Phi) is 5.60. The fourth-order valence-electron chi connectivity index (χ4n) is 1.88. The fraction of sp³-hybridized carbons (Fsp3) is 0.176. The summed E-state index contributed by atoms with van der Waals surface area (Å²) in [6.45, 7) is 1.80. The van der Waals surface area contributed by atoms with Gasteiger partial charge in [-0.05, 0) is 30.7 Å². The first-order valence-corrected chi connectivity index (χ1v) is 7.36. The highest BCUT2D eigenvalue weighted by atomic mass is 35.5. The van der Waals surface area contributed by atoms with Crippen molar-refractivity contribution >= 4 is 23.5 Å². The number of nitrogens with one attached hydrogen (secondary N) is 1. The van der Waals surface area contributed by atoms with Crippen LogP contribution in [0.15, 0.2) is 48.5 Å². The highest BCUT2D eigenvalue weighted by Crippen LogP contribution is 2.22. The van der Waals surface area contributed by atoms with E-state index in [1.807, 2.05) is 30.3 Å². The maximum absolute atomic E-state index is 12.0. The molecule has 0 unspecified atom stereocenters. The van der Waals surface area contributed by atoms with Crippen molar-refractivity contribution in [3.05, 3.63) is 64.7 Å². The zero-order valence-corrected chi connectivity index (χ0v) is 13.2. The molecule has 6 heteroatoms. The van der Waals surface area contributed by atoms with E-state index >= 15 is 0 Å². The van der Waals surface area contributed by atoms with Gasteiger partial charge < -0.3 is 15.2 Å². The van der Waals surface area contributed by atoms with Gasteiger partial charge in [0.25, 0.3) is 5.91 Å². The molecule has 0 saturated heterocycles. The van der Waals surface area contributed by atoms with E-state index in [2.05, 4.69) is 5.32 Å². The van der Waals surface area contributed by atoms with Gasteiger partial charge in [0.15, 0.2) is 6.10 Å². The molecule has 0 aliphatic carbocycles. The summed E-state index contributed by atoms with van der Waals surface area (Å²) in [5.74, 6) is -1.49. The highest BCUT2D eigenvalue weighted by molar-refractivity contribution is 6.31. The van der Waals surface area contributed by atoms with Crippen LogP contribution in [-0.4, -0.2) is 23.1 Å². The summed E-state index contributed by atoms with van der Waals surface area (Å²) >= 11 is 5.78. The van der Waals surface area contributed by atoms with E-state index in [0.717, 1.165) is 5.56 Å². The normalized spacial score (nSPS) is 11.6. The molecule has 1 amide bonds. The number of hydrogen-bond donors (Lipinski definition) is 2. The Labute approximate surface area is 138 Å². The Balaban J connectivity index is 1.92. The summed E-state index contributed by atoms with van der Waals surface area (Å²) in [6.07, 6.45) is -0.996. The van der Waals surface area contributed by atoms with E-state index < -0.39 is 18.0 Å². The third-order valence-electron chi connectivity index (χ3n) is 3.14. The molecule has 2 aromatic rings. The maximum Gasteiger partial charge on any atom is 0.342 e. The van der Waals surface area contributed by atoms with Crippen LogP contribution in [0.1, 0.15) is 22.8 Å². The maximum atomic E-state index is 12.0. The summed E-state index contributed by atoms with van der Waals surface area (Å²) in [5, 5.41) is 12.6. The van der Waals surface area contributed by atoms with Crippen LogP contribution < -0.4 is 5.32 Å². The summed E-state index contributed by atoms with van der Waals surface area (Å²) in [4.78, 5) is 23.9. The van der Waals surface area contributed by atoms with Gasteiger partial charge in [-0.1, -0.05) is 41.9 Å². The molecular weight excluding hydrogens is 318 g/mol. The molecule has 1 atom stereocenters. The molecule has 2 N–H and O–H groups in total. The van der Waals surface area contributed by atoms with Crippen molar-refractivity contribution in [3.8, 4) is 5.75 Å². The molecule has 2 aromatic carbocycles. The minimum absolute atomic E-state index is 0.0831. The first kappa shape index (κ1) is 16.8. The molecule has 0 aliphatic heterocycles. The number of benzene rings is 2. The summed E-state index contributed by atoms with van der Waals surface area (Å²) < 4.78 is 5.05. The Hall–Kier alpha value is -2.53. The summed E-state index contributed by atoms with van der Waals surface area (Å²) in [7, 11) is 0. The van der Waals surface area contributed by atoms with Gasteiger partial charge in [0.2, 0.25) is 0 Å². The molecule has 0 bridgehead atoms. The largest absolute Gasteiger partial charge is 0.507 e. The zero-order chi connectivity index (χ0) is 16.8. The van der Waals surface area contributed by atoms with Gasteiger partial charge >= 0.3 is 5.97 Å². The van der Waals surface area contributed by atoms with Crippen molar-refractivity contribution in [2.45, 2.75) is 19.6 Å². The third-order valence-corrected chi connectivity index (χ3v) is 3.38. The van der Waals surface area contributed by atoms with Gasteiger partial charge in [-0.25, -0.2) is 4.79 Å². The molecule has 0 aliphatic rings. The number of ether oxygens (including phenoxy) is 1. The van der Waals surface area contributed by atoms with Gasteiger partial charge in [0.1, 0.15) is 11.3 Å². The topological polar surface area (TPSA) is 75.6 Å². The number of rotatable bonds is 5. The number of halogens is 1. The number of phenols is 1. The van der Waals surface area contributed by atoms with Crippen LogP contribution in [0.5, 0.6) is 5.75 Å². The standard InChI is InChI=1S/C17H16ClNO4/c1-11(16(21)19-10-12-5-3-2-4-6-12)23-17(22)14-9-13(18)7-8-15(14)20/h2-9,11,20H,10H2,1H3,(H,19,21)/t11-/m0/s1. The molecule has 0 radical (unpaired) electrons. The number of carbonyl (C=O) groups is 2. The quantitative estimate of drug-likeness (QED) is 0.825. The molecule has 0 aromatic heterocycles. The molecule has 0 heterocycles. The lowest BCUT2D eigenvalue weighted by Gasteiger charge is -2.14. The van der Waals surface area contributed by atoms with Crippen molar-refractivity contribution in [2.75, 3.05) is 0 Å². The van der Waals surface area contributed by atoms with Crippen molar-refractivity contribution in [1.29, 1.82) is 0 Å². The van der Waals surface area contributed by atoms with Crippen LogP contribution in [0, 0.1) is 0 Å². The van der Waals surface area contributed by atoms with Crippen molar-refractivity contribution < 1.29 is 19.4 Å². The molecule has 0 saturated carbocycles. The number of esters is 1. The SMILES string of the molecule is C[C@H](OC(=O)c1cc(Cl)ccc1O)C(=O)NCc1ccccc1. The van der Waals surface area contributed by atoms with Gasteiger partial charge in [-0.2, -0.15) is 0 Å². The van der Waals surface area contributed by atoms with Crippen LogP contribution in [0.2, 0.25) is 5.02 Å². The lowest BCUT2D eigenvalue weighted by atomic mass is 10.2. The Bertz CT molecular complexity index is 703. The minimum Gasteiger partial charge on any atom is -0.507 e. The van der Waals surface area contributed by atoms with Gasteiger partial charge in [-0.15, -0.1) is 0 Å². The fourth-order valence-corrected chi connectivity index (χ4v) is 2.05. The van der Waals surface area contributed by atoms with Gasteiger partial charge in [0, 0.05) is 11.6 Å². The number of hydrogen-bond acceptors (Lipinski definition) is 4. The second-order valence-corrected chi connectivity index (χ2v) is 5.35. The lowest BCUT2D eigenvalue weighted by molar-refractivity contribution is -0.129. The van der Waals surface area contributed by atoms with E-state index in [4.69, 9.17) is 16.3 Å². The number of aromatic hydroxyl groups is 1. The van der Waals surface area contributed by atoms with Gasteiger partial charge in [-0.3, -0.25) is 4.79 Å². The number of amides is 1. The second-order valence-electron chi connectivity index (χ2n) is 4.91. The van der Waals surface area contributed by atoms with Crippen LogP contribution >= 0.6 is 11.6 Å². The Morgan fingerprint density at radius 3 is 2.61 bits per heavy atom. The number of carbonyl (C=O) groups excluding carboxylic acids is 2. The first-order valence-electron chi connectivity index (χ1n) is 6.98. The third kappa shape index (κ3) is 4.72. The Morgan fingerprint density at radius 1 is 1.22 bits per heavy atom. The molecule has 120 valence electrons. The van der Waals surface area contributed by atoms with E-state index in [1.54, 1.807) is 0 Å². The number of phenolic OH excluding ortho intramolecular Hbond substituents is 1. The van der Waals surface area contributed by atoms with Crippen molar-refractivity contribution in [1.82, 2.24) is 5.32 Å². The summed E-state index contributed by atoms with van der Waals surface area (Å²) in [6, 6.07) is 13.4. The predicted octanol–water partition coefficient (Wildman–Crippen LogP) is 2.91. The average molecular weight is 334 g/mol. The van der Waals surface area contributed by atoms with Crippen LogP contribution in [-0.2, 0) is 16.1 Å². The Morgan fingerprint density at radius 2 is 1.91 bits per heavy atom. The molecule has 2 rings (SSSR count). The van der Waals surface area contributed by atoms with Crippen LogP contribution in [0.25, 0.3) is 0 Å². The molecule has 5 nitrogen and oxygen atoms in total. The molecular formula is C17H16ClNO4. The average Bonchev–Trinajstić information content (AvgIpc) is 2.55. The van der Waals surface area contributed by atoms with E-state index in [-0.39, 0.29) is 16.3 Å². The monoisotopic (exact) mass is 333 g/mol. The predicted molar refractivity (Wildman–Crippen MR) is 86.3 cm³/mol. The first-order chi connectivity index (χ1) is 11.0. The van der Waals surface area contributed by atoms with E-state index in [9.17, 15) is 14.7 Å². The molecule has 23 heavy (non-hydrogen) atoms. The minimum atomic E-state index is -0.996. The van der Waals surface area contributed by atoms with E-state index in [1.165, 1.54) is 25.1 Å². The second kappa shape index (κ2) is 7.65. The van der Waals surface area contributed by atoms with Gasteiger partial charge in [0.05, 0.1) is 0 Å². The van der Waals surface area contributed by atoms with Crippen molar-refractivity contribution in [3.63, 3.8) is 0 Å². The molecule has 0 spiro atoms. The van der Waals surface area contributed by atoms with Crippen molar-refractivity contribution in [2.24, 2.45) is 0 Å². The smallest absolute Gasteiger partial charge is 0.342 e. The van der Waals surface area contributed by atoms with E-state index in [0.29, 0.717) is 6.54 Å².